The van der Waals surface area contributed by atoms with E-state index >= 15 is 0 Å². The summed E-state index contributed by atoms with van der Waals surface area (Å²) in [6, 6.07) is 5.12. The summed E-state index contributed by atoms with van der Waals surface area (Å²) in [5.41, 5.74) is 2.02. The van der Waals surface area contributed by atoms with Gasteiger partial charge in [-0.2, -0.15) is 0 Å². The van der Waals surface area contributed by atoms with Crippen LogP contribution in [0.1, 0.15) is 50.5 Å². The van der Waals surface area contributed by atoms with Crippen LogP contribution in [0.3, 0.4) is 0 Å². The van der Waals surface area contributed by atoms with Crippen molar-refractivity contribution in [2.75, 3.05) is 5.32 Å². The topological polar surface area (TPSA) is 49.3 Å². The van der Waals surface area contributed by atoms with Crippen LogP contribution in [0.4, 0.5) is 5.69 Å². The number of rotatable bonds is 3. The first-order valence-electron chi connectivity index (χ1n) is 8.61. The number of phenols is 1. The molecular weight excluding hydrogens is 274 g/mol. The van der Waals surface area contributed by atoms with Gasteiger partial charge in [-0.05, 0) is 92.4 Å². The molecule has 0 spiro atoms. The van der Waals surface area contributed by atoms with Gasteiger partial charge in [0, 0.05) is 12.1 Å². The van der Waals surface area contributed by atoms with Crippen molar-refractivity contribution in [3.63, 3.8) is 0 Å². The van der Waals surface area contributed by atoms with Gasteiger partial charge in [0.05, 0.1) is 0 Å². The highest BCUT2D eigenvalue weighted by molar-refractivity contribution is 5.92. The molecule has 3 heteroatoms. The minimum absolute atomic E-state index is 0.149. The summed E-state index contributed by atoms with van der Waals surface area (Å²) in [6.45, 7) is 1.92. The van der Waals surface area contributed by atoms with E-state index in [1.54, 1.807) is 18.2 Å². The minimum atomic E-state index is 0.149. The molecule has 4 fully saturated rings. The fourth-order valence-electron chi connectivity index (χ4n) is 5.83. The summed E-state index contributed by atoms with van der Waals surface area (Å²) in [5.74, 6) is 3.05. The number of benzene rings is 1. The third-order valence-electron chi connectivity index (χ3n) is 6.18. The van der Waals surface area contributed by atoms with Gasteiger partial charge in [-0.15, -0.1) is 0 Å². The zero-order valence-electron chi connectivity index (χ0n) is 13.3. The van der Waals surface area contributed by atoms with Crippen molar-refractivity contribution in [2.45, 2.75) is 51.9 Å². The average molecular weight is 299 g/mol. The largest absolute Gasteiger partial charge is 0.508 e. The van der Waals surface area contributed by atoms with Crippen LogP contribution in [0, 0.1) is 30.1 Å². The number of anilines is 1. The number of carbonyl (C=O) groups is 1. The summed E-state index contributed by atoms with van der Waals surface area (Å²) in [7, 11) is 0. The van der Waals surface area contributed by atoms with Gasteiger partial charge in [0.2, 0.25) is 5.91 Å². The Kier molecular flexibility index (Phi) is 3.21. The van der Waals surface area contributed by atoms with E-state index in [1.165, 1.54) is 38.5 Å². The zero-order valence-corrected chi connectivity index (χ0v) is 13.3. The predicted molar refractivity (Wildman–Crippen MR) is 86.7 cm³/mol. The van der Waals surface area contributed by atoms with Crippen LogP contribution in [0.15, 0.2) is 18.2 Å². The van der Waals surface area contributed by atoms with Crippen LogP contribution in [0.25, 0.3) is 0 Å². The number of nitrogens with one attached hydrogen (secondary N) is 1. The van der Waals surface area contributed by atoms with E-state index in [0.717, 1.165) is 29.0 Å². The van der Waals surface area contributed by atoms with E-state index < -0.39 is 0 Å². The second-order valence-corrected chi connectivity index (χ2v) is 8.14. The van der Waals surface area contributed by atoms with Gasteiger partial charge in [-0.1, -0.05) is 0 Å². The Balaban J connectivity index is 1.46. The zero-order chi connectivity index (χ0) is 15.3. The van der Waals surface area contributed by atoms with Crippen molar-refractivity contribution in [3.8, 4) is 5.75 Å². The Bertz CT molecular complexity index is 572. The van der Waals surface area contributed by atoms with E-state index in [1.807, 2.05) is 6.92 Å². The lowest BCUT2D eigenvalue weighted by Crippen LogP contribution is -2.47. The summed E-state index contributed by atoms with van der Waals surface area (Å²) in [4.78, 5) is 12.6. The highest BCUT2D eigenvalue weighted by atomic mass is 16.3. The molecule has 4 aliphatic rings. The number of carbonyl (C=O) groups excluding carboxylic acids is 1. The molecule has 4 saturated carbocycles. The smallest absolute Gasteiger partial charge is 0.224 e. The Morgan fingerprint density at radius 1 is 1.18 bits per heavy atom. The number of aryl methyl sites for hydroxylation is 1. The molecule has 4 bridgehead atoms. The number of hydrogen-bond donors (Lipinski definition) is 2. The Morgan fingerprint density at radius 2 is 1.77 bits per heavy atom. The maximum atomic E-state index is 12.6. The molecule has 1 aromatic carbocycles. The molecular formula is C19H25NO2. The quantitative estimate of drug-likeness (QED) is 0.820. The van der Waals surface area contributed by atoms with Crippen LogP contribution in [0.5, 0.6) is 5.75 Å². The highest BCUT2D eigenvalue weighted by Gasteiger charge is 2.51. The first kappa shape index (κ1) is 14.1. The monoisotopic (exact) mass is 299 g/mol. The Morgan fingerprint density at radius 3 is 2.32 bits per heavy atom. The second kappa shape index (κ2) is 5.00. The van der Waals surface area contributed by atoms with E-state index in [2.05, 4.69) is 5.32 Å². The maximum absolute atomic E-state index is 12.6. The molecule has 0 unspecified atom stereocenters. The van der Waals surface area contributed by atoms with Gasteiger partial charge >= 0.3 is 0 Å². The van der Waals surface area contributed by atoms with E-state index in [0.29, 0.717) is 6.42 Å². The van der Waals surface area contributed by atoms with Crippen LogP contribution in [0.2, 0.25) is 0 Å². The van der Waals surface area contributed by atoms with Crippen LogP contribution in [-0.2, 0) is 4.79 Å². The number of hydrogen-bond acceptors (Lipinski definition) is 2. The fourth-order valence-corrected chi connectivity index (χ4v) is 5.83. The van der Waals surface area contributed by atoms with Gasteiger partial charge in [-0.25, -0.2) is 0 Å². The molecule has 2 N–H and O–H groups in total. The molecule has 0 heterocycles. The minimum Gasteiger partial charge on any atom is -0.508 e. The lowest BCUT2D eigenvalue weighted by Gasteiger charge is -2.56. The SMILES string of the molecule is Cc1cc(O)ccc1NC(=O)CC12CC3CC(CC(C3)C1)C2. The number of aromatic hydroxyl groups is 1. The third kappa shape index (κ3) is 2.51. The van der Waals surface area contributed by atoms with Crippen molar-refractivity contribution >= 4 is 11.6 Å². The lowest BCUT2D eigenvalue weighted by atomic mass is 9.49. The van der Waals surface area contributed by atoms with E-state index in [4.69, 9.17) is 0 Å². The first-order chi connectivity index (χ1) is 10.5. The van der Waals surface area contributed by atoms with Gasteiger partial charge in [-0.3, -0.25) is 4.79 Å². The first-order valence-corrected chi connectivity index (χ1v) is 8.61. The molecule has 5 rings (SSSR count). The van der Waals surface area contributed by atoms with Crippen molar-refractivity contribution in [1.82, 2.24) is 0 Å². The maximum Gasteiger partial charge on any atom is 0.224 e. The normalized spacial score (nSPS) is 35.6. The molecule has 22 heavy (non-hydrogen) atoms. The molecule has 1 aromatic rings. The Labute approximate surface area is 132 Å². The number of amides is 1. The van der Waals surface area contributed by atoms with Gasteiger partial charge in [0.15, 0.2) is 0 Å². The molecule has 118 valence electrons. The third-order valence-corrected chi connectivity index (χ3v) is 6.18. The van der Waals surface area contributed by atoms with Crippen molar-refractivity contribution < 1.29 is 9.90 Å². The molecule has 3 nitrogen and oxygen atoms in total. The molecule has 0 aliphatic heterocycles. The summed E-state index contributed by atoms with van der Waals surface area (Å²) < 4.78 is 0. The van der Waals surface area contributed by atoms with Crippen molar-refractivity contribution in [2.24, 2.45) is 23.2 Å². The summed E-state index contributed by atoms with van der Waals surface area (Å²) in [6.07, 6.45) is 8.72. The summed E-state index contributed by atoms with van der Waals surface area (Å²) >= 11 is 0. The Hall–Kier alpha value is -1.51. The molecule has 0 saturated heterocycles. The van der Waals surface area contributed by atoms with E-state index in [9.17, 15) is 9.90 Å². The van der Waals surface area contributed by atoms with E-state index in [-0.39, 0.29) is 17.1 Å². The number of phenolic OH excluding ortho intramolecular Hbond substituents is 1. The van der Waals surface area contributed by atoms with Crippen LogP contribution >= 0.6 is 0 Å². The molecule has 0 aromatic heterocycles. The average Bonchev–Trinajstić information content (AvgIpc) is 2.39. The van der Waals surface area contributed by atoms with Crippen molar-refractivity contribution in [3.05, 3.63) is 23.8 Å². The second-order valence-electron chi connectivity index (χ2n) is 8.14. The van der Waals surface area contributed by atoms with Gasteiger partial charge in [0.25, 0.3) is 0 Å². The highest BCUT2D eigenvalue weighted by Crippen LogP contribution is 2.61. The lowest BCUT2D eigenvalue weighted by molar-refractivity contribution is -0.124. The van der Waals surface area contributed by atoms with Gasteiger partial charge in [0.1, 0.15) is 5.75 Å². The van der Waals surface area contributed by atoms with Crippen LogP contribution in [-0.4, -0.2) is 11.0 Å². The summed E-state index contributed by atoms with van der Waals surface area (Å²) in [5, 5.41) is 12.5. The standard InChI is InChI=1S/C19H25NO2/c1-12-4-16(21)2-3-17(12)20-18(22)11-19-8-13-5-14(9-19)7-15(6-13)10-19/h2-4,13-15,21H,5-11H2,1H3,(H,20,22). The van der Waals surface area contributed by atoms with Gasteiger partial charge < -0.3 is 10.4 Å². The fraction of sp³-hybridized carbons (Fsp3) is 0.632. The van der Waals surface area contributed by atoms with Crippen molar-refractivity contribution in [1.29, 1.82) is 0 Å². The molecule has 0 atom stereocenters. The molecule has 1 amide bonds. The van der Waals surface area contributed by atoms with Crippen LogP contribution < -0.4 is 5.32 Å². The molecule has 4 aliphatic carbocycles. The predicted octanol–water partition coefficient (Wildman–Crippen LogP) is 4.25. The molecule has 0 radical (unpaired) electrons.